The maximum absolute atomic E-state index is 13.7. The molecular formula is C21H16F4N6O. The monoisotopic (exact) mass is 444 g/mol. The number of nitrogens with zero attached hydrogens (tertiary/aromatic N) is 5. The summed E-state index contributed by atoms with van der Waals surface area (Å²) in [5.41, 5.74) is -0.823. The van der Waals surface area contributed by atoms with Gasteiger partial charge in [-0.1, -0.05) is 29.5 Å². The molecule has 0 spiro atoms. The number of amides is 1. The topological polar surface area (TPSA) is 77.6 Å². The van der Waals surface area contributed by atoms with E-state index in [1.54, 1.807) is 17.1 Å². The molecule has 0 aliphatic rings. The van der Waals surface area contributed by atoms with Crippen molar-refractivity contribution < 1.29 is 22.4 Å². The Morgan fingerprint density at radius 2 is 1.78 bits per heavy atom. The van der Waals surface area contributed by atoms with E-state index >= 15 is 0 Å². The number of carbonyl (C=O) groups is 1. The third-order valence-electron chi connectivity index (χ3n) is 4.56. The summed E-state index contributed by atoms with van der Waals surface area (Å²) in [6, 6.07) is 13.8. The van der Waals surface area contributed by atoms with Gasteiger partial charge in [-0.15, -0.1) is 5.10 Å². The normalized spacial score (nSPS) is 11.5. The smallest absolute Gasteiger partial charge is 0.350 e. The number of alkyl halides is 3. The van der Waals surface area contributed by atoms with Crippen LogP contribution in [0.5, 0.6) is 0 Å². The lowest BCUT2D eigenvalue weighted by molar-refractivity contribution is -0.143. The van der Waals surface area contributed by atoms with Crippen molar-refractivity contribution in [2.45, 2.75) is 12.6 Å². The molecule has 2 aromatic carbocycles. The average Bonchev–Trinajstić information content (AvgIpc) is 3.42. The molecule has 0 aliphatic heterocycles. The molecule has 7 nitrogen and oxygen atoms in total. The molecule has 4 rings (SSSR count). The summed E-state index contributed by atoms with van der Waals surface area (Å²) < 4.78 is 56.5. The minimum atomic E-state index is -4.93. The Bertz CT molecular complexity index is 1230. The first-order chi connectivity index (χ1) is 15.3. The van der Waals surface area contributed by atoms with E-state index in [0.29, 0.717) is 11.1 Å². The number of rotatable bonds is 6. The summed E-state index contributed by atoms with van der Waals surface area (Å²) >= 11 is 0. The number of hydrogen-bond donors (Lipinski definition) is 1. The van der Waals surface area contributed by atoms with E-state index < -0.39 is 29.3 Å². The second-order valence-corrected chi connectivity index (χ2v) is 6.81. The van der Waals surface area contributed by atoms with Gasteiger partial charge in [-0.2, -0.15) is 18.3 Å². The molecule has 0 radical (unpaired) electrons. The first-order valence-corrected chi connectivity index (χ1v) is 9.49. The van der Waals surface area contributed by atoms with Crippen molar-refractivity contribution in [2.24, 2.45) is 0 Å². The molecule has 4 aromatic rings. The van der Waals surface area contributed by atoms with E-state index in [1.807, 2.05) is 30.3 Å². The molecule has 1 amide bonds. The van der Waals surface area contributed by atoms with E-state index in [0.717, 1.165) is 23.4 Å². The molecule has 2 aromatic heterocycles. The third-order valence-corrected chi connectivity index (χ3v) is 4.56. The summed E-state index contributed by atoms with van der Waals surface area (Å²) in [7, 11) is 0. The molecular weight excluding hydrogens is 428 g/mol. The molecule has 0 aliphatic carbocycles. The summed E-state index contributed by atoms with van der Waals surface area (Å²) in [6.45, 7) is 0.0590. The lowest BCUT2D eigenvalue weighted by Crippen LogP contribution is -2.29. The van der Waals surface area contributed by atoms with Crippen LogP contribution in [0.2, 0.25) is 0 Å². The van der Waals surface area contributed by atoms with Crippen molar-refractivity contribution in [3.8, 4) is 11.4 Å². The molecule has 0 saturated heterocycles. The number of hydrogen-bond acceptors (Lipinski definition) is 4. The SMILES string of the molecule is O=C(NCCc1cnn(-c2ccccc2)c1)c1nnn(-c2cccc(F)c2)c1C(F)(F)F. The highest BCUT2D eigenvalue weighted by atomic mass is 19.4. The van der Waals surface area contributed by atoms with E-state index in [4.69, 9.17) is 0 Å². The second kappa shape index (κ2) is 8.61. The summed E-state index contributed by atoms with van der Waals surface area (Å²) in [6.07, 6.45) is -1.21. The van der Waals surface area contributed by atoms with E-state index in [9.17, 15) is 22.4 Å². The van der Waals surface area contributed by atoms with Crippen LogP contribution in [0.15, 0.2) is 67.0 Å². The number of carbonyl (C=O) groups excluding carboxylic acids is 1. The predicted molar refractivity (Wildman–Crippen MR) is 106 cm³/mol. The zero-order valence-corrected chi connectivity index (χ0v) is 16.4. The number of benzene rings is 2. The van der Waals surface area contributed by atoms with Gasteiger partial charge in [0.05, 0.1) is 17.6 Å². The van der Waals surface area contributed by atoms with Crippen molar-refractivity contribution >= 4 is 5.91 Å². The molecule has 0 unspecified atom stereocenters. The molecule has 2 heterocycles. The number of aromatic nitrogens is 5. The fourth-order valence-electron chi connectivity index (χ4n) is 3.09. The second-order valence-electron chi connectivity index (χ2n) is 6.81. The maximum Gasteiger partial charge on any atom is 0.435 e. The molecule has 1 N–H and O–H groups in total. The van der Waals surface area contributed by atoms with E-state index in [2.05, 4.69) is 20.7 Å². The largest absolute Gasteiger partial charge is 0.435 e. The summed E-state index contributed by atoms with van der Waals surface area (Å²) in [4.78, 5) is 12.4. The van der Waals surface area contributed by atoms with Crippen LogP contribution in [0.3, 0.4) is 0 Å². The highest BCUT2D eigenvalue weighted by molar-refractivity contribution is 5.93. The molecule has 0 fully saturated rings. The van der Waals surface area contributed by atoms with Crippen LogP contribution in [0, 0.1) is 5.82 Å². The van der Waals surface area contributed by atoms with Gasteiger partial charge in [-0.3, -0.25) is 4.79 Å². The first kappa shape index (κ1) is 21.2. The first-order valence-electron chi connectivity index (χ1n) is 9.49. The van der Waals surface area contributed by atoms with Gasteiger partial charge in [0.2, 0.25) is 0 Å². The van der Waals surface area contributed by atoms with Gasteiger partial charge in [-0.25, -0.2) is 13.8 Å². The van der Waals surface area contributed by atoms with Crippen LogP contribution in [0.25, 0.3) is 11.4 Å². The molecule has 32 heavy (non-hydrogen) atoms. The molecule has 0 atom stereocenters. The number of halogens is 4. The van der Waals surface area contributed by atoms with Crippen molar-refractivity contribution in [3.05, 3.63) is 89.8 Å². The fourth-order valence-corrected chi connectivity index (χ4v) is 3.09. The van der Waals surface area contributed by atoms with Gasteiger partial charge in [0.15, 0.2) is 11.4 Å². The van der Waals surface area contributed by atoms with Crippen LogP contribution >= 0.6 is 0 Å². The molecule has 11 heteroatoms. The van der Waals surface area contributed by atoms with Crippen LogP contribution < -0.4 is 5.32 Å². The Morgan fingerprint density at radius 1 is 1.03 bits per heavy atom. The standard InChI is InChI=1S/C21H16F4N6O/c22-15-5-4-8-17(11-15)31-19(21(23,24)25)18(28-29-31)20(32)26-10-9-14-12-27-30(13-14)16-6-2-1-3-7-16/h1-8,11-13H,9-10H2,(H,26,32). The summed E-state index contributed by atoms with van der Waals surface area (Å²) in [5.74, 6) is -1.77. The minimum Gasteiger partial charge on any atom is -0.350 e. The molecule has 0 bridgehead atoms. The quantitative estimate of drug-likeness (QED) is 0.461. The van der Waals surface area contributed by atoms with E-state index in [-0.39, 0.29) is 12.2 Å². The average molecular weight is 444 g/mol. The van der Waals surface area contributed by atoms with Crippen molar-refractivity contribution in [2.75, 3.05) is 6.54 Å². The zero-order valence-electron chi connectivity index (χ0n) is 16.4. The Balaban J connectivity index is 1.48. The maximum atomic E-state index is 13.7. The van der Waals surface area contributed by atoms with Crippen LogP contribution in [0.1, 0.15) is 21.7 Å². The molecule has 164 valence electrons. The van der Waals surface area contributed by atoms with Gasteiger partial charge in [0.1, 0.15) is 5.82 Å². The number of nitrogens with one attached hydrogen (secondary N) is 1. The highest BCUT2D eigenvalue weighted by Crippen LogP contribution is 2.32. The molecule has 0 saturated carbocycles. The Labute approximate surface area is 179 Å². The Morgan fingerprint density at radius 3 is 2.50 bits per heavy atom. The van der Waals surface area contributed by atoms with Gasteiger partial charge in [-0.05, 0) is 42.3 Å². The predicted octanol–water partition coefficient (Wildman–Crippen LogP) is 3.58. The van der Waals surface area contributed by atoms with Crippen LogP contribution in [-0.2, 0) is 12.6 Å². The van der Waals surface area contributed by atoms with Gasteiger partial charge >= 0.3 is 6.18 Å². The van der Waals surface area contributed by atoms with Gasteiger partial charge in [0, 0.05) is 12.7 Å². The van der Waals surface area contributed by atoms with Crippen molar-refractivity contribution in [1.29, 1.82) is 0 Å². The third kappa shape index (κ3) is 4.51. The zero-order chi connectivity index (χ0) is 22.7. The fraction of sp³-hybridized carbons (Fsp3) is 0.143. The summed E-state index contributed by atoms with van der Waals surface area (Å²) in [5, 5.41) is 13.5. The van der Waals surface area contributed by atoms with Gasteiger partial charge < -0.3 is 5.32 Å². The van der Waals surface area contributed by atoms with Crippen molar-refractivity contribution in [3.63, 3.8) is 0 Å². The van der Waals surface area contributed by atoms with Gasteiger partial charge in [0.25, 0.3) is 5.91 Å². The highest BCUT2D eigenvalue weighted by Gasteiger charge is 2.42. The van der Waals surface area contributed by atoms with Crippen LogP contribution in [-0.4, -0.2) is 37.2 Å². The van der Waals surface area contributed by atoms with Crippen LogP contribution in [0.4, 0.5) is 17.6 Å². The Hall–Kier alpha value is -4.02. The van der Waals surface area contributed by atoms with Crippen molar-refractivity contribution in [1.82, 2.24) is 30.1 Å². The lowest BCUT2D eigenvalue weighted by Gasteiger charge is -2.11. The number of para-hydroxylation sites is 1. The Kier molecular flexibility index (Phi) is 5.71. The lowest BCUT2D eigenvalue weighted by atomic mass is 10.2. The van der Waals surface area contributed by atoms with E-state index in [1.165, 1.54) is 12.1 Å². The minimum absolute atomic E-state index is 0.0590.